The van der Waals surface area contributed by atoms with E-state index in [2.05, 4.69) is 43.7 Å². The van der Waals surface area contributed by atoms with Crippen LogP contribution in [0.25, 0.3) is 11.0 Å². The van der Waals surface area contributed by atoms with Gasteiger partial charge in [-0.05, 0) is 37.0 Å². The fourth-order valence-electron chi connectivity index (χ4n) is 2.83. The minimum absolute atomic E-state index is 0.852. The first kappa shape index (κ1) is 11.3. The molecule has 0 aliphatic heterocycles. The van der Waals surface area contributed by atoms with Crippen LogP contribution in [0.15, 0.2) is 29.0 Å². The second-order valence-corrected chi connectivity index (χ2v) is 5.95. The molecule has 1 saturated carbocycles. The molecule has 17 heavy (non-hydrogen) atoms. The average molecular weight is 293 g/mol. The smallest absolute Gasteiger partial charge is 0.0958 e. The van der Waals surface area contributed by atoms with Crippen molar-refractivity contribution < 1.29 is 0 Å². The molecular weight excluding hydrogens is 276 g/mol. The van der Waals surface area contributed by atoms with Crippen LogP contribution in [0.2, 0.25) is 0 Å². The molecule has 1 aliphatic rings. The van der Waals surface area contributed by atoms with Crippen LogP contribution in [0.5, 0.6) is 0 Å². The lowest BCUT2D eigenvalue weighted by Gasteiger charge is -2.22. The molecule has 1 aromatic carbocycles. The molecule has 0 N–H and O–H groups in total. The summed E-state index contributed by atoms with van der Waals surface area (Å²) >= 11 is 3.49. The summed E-state index contributed by atoms with van der Waals surface area (Å²) in [6.07, 6.45) is 9.00. The Hall–Kier alpha value is -0.830. The van der Waals surface area contributed by atoms with E-state index in [1.807, 2.05) is 6.33 Å². The zero-order valence-corrected chi connectivity index (χ0v) is 11.5. The van der Waals surface area contributed by atoms with Gasteiger partial charge in [-0.25, -0.2) is 4.98 Å². The van der Waals surface area contributed by atoms with E-state index in [0.29, 0.717) is 0 Å². The van der Waals surface area contributed by atoms with Crippen LogP contribution in [0.3, 0.4) is 0 Å². The number of imidazole rings is 1. The maximum absolute atomic E-state index is 4.48. The summed E-state index contributed by atoms with van der Waals surface area (Å²) in [5.74, 6) is 0.852. The topological polar surface area (TPSA) is 17.8 Å². The third-order valence-electron chi connectivity index (χ3n) is 3.76. The number of hydrogen-bond acceptors (Lipinski definition) is 1. The summed E-state index contributed by atoms with van der Waals surface area (Å²) in [5.41, 5.74) is 2.36. The molecule has 90 valence electrons. The quantitative estimate of drug-likeness (QED) is 0.803. The third-order valence-corrected chi connectivity index (χ3v) is 4.26. The van der Waals surface area contributed by atoms with Gasteiger partial charge >= 0.3 is 0 Å². The van der Waals surface area contributed by atoms with E-state index in [9.17, 15) is 0 Å². The Bertz CT molecular complexity index is 512. The molecule has 3 rings (SSSR count). The van der Waals surface area contributed by atoms with Gasteiger partial charge in [0.25, 0.3) is 0 Å². The van der Waals surface area contributed by atoms with Crippen molar-refractivity contribution in [1.29, 1.82) is 0 Å². The molecule has 0 atom stereocenters. The molecule has 0 amide bonds. The summed E-state index contributed by atoms with van der Waals surface area (Å²) in [5, 5.41) is 0. The molecule has 0 saturated heterocycles. The van der Waals surface area contributed by atoms with Gasteiger partial charge in [0, 0.05) is 11.0 Å². The Morgan fingerprint density at radius 3 is 2.88 bits per heavy atom. The second kappa shape index (κ2) is 4.81. The molecule has 3 heteroatoms. The van der Waals surface area contributed by atoms with Crippen LogP contribution in [0, 0.1) is 5.92 Å². The molecule has 1 aromatic heterocycles. The van der Waals surface area contributed by atoms with Gasteiger partial charge in [0.05, 0.1) is 17.4 Å². The summed E-state index contributed by atoms with van der Waals surface area (Å²) in [4.78, 5) is 4.48. The maximum Gasteiger partial charge on any atom is 0.0958 e. The number of aromatic nitrogens is 2. The minimum atomic E-state index is 0.852. The molecule has 0 unspecified atom stereocenters. The van der Waals surface area contributed by atoms with Crippen LogP contribution in [0.1, 0.15) is 32.1 Å². The first-order chi connectivity index (χ1) is 8.33. The molecule has 2 aromatic rings. The molecular formula is C14H17BrN2. The van der Waals surface area contributed by atoms with Crippen molar-refractivity contribution in [2.24, 2.45) is 5.92 Å². The molecule has 1 aliphatic carbocycles. The largest absolute Gasteiger partial charge is 0.330 e. The number of nitrogens with zero attached hydrogens (tertiary/aromatic N) is 2. The minimum Gasteiger partial charge on any atom is -0.330 e. The number of rotatable bonds is 2. The highest BCUT2D eigenvalue weighted by molar-refractivity contribution is 9.10. The van der Waals surface area contributed by atoms with E-state index in [-0.39, 0.29) is 0 Å². The van der Waals surface area contributed by atoms with E-state index in [1.54, 1.807) is 0 Å². The van der Waals surface area contributed by atoms with Crippen LogP contribution < -0.4 is 0 Å². The highest BCUT2D eigenvalue weighted by Crippen LogP contribution is 2.27. The SMILES string of the molecule is Brc1ccc2c(c1)ncn2CC1CCCCC1. The van der Waals surface area contributed by atoms with Gasteiger partial charge in [-0.3, -0.25) is 0 Å². The summed E-state index contributed by atoms with van der Waals surface area (Å²) in [7, 11) is 0. The van der Waals surface area contributed by atoms with Crippen molar-refractivity contribution in [1.82, 2.24) is 9.55 Å². The van der Waals surface area contributed by atoms with Crippen LogP contribution >= 0.6 is 15.9 Å². The van der Waals surface area contributed by atoms with Gasteiger partial charge < -0.3 is 4.57 Å². The van der Waals surface area contributed by atoms with Crippen LogP contribution in [0.4, 0.5) is 0 Å². The van der Waals surface area contributed by atoms with Crippen LogP contribution in [-0.4, -0.2) is 9.55 Å². The van der Waals surface area contributed by atoms with Gasteiger partial charge in [-0.2, -0.15) is 0 Å². The van der Waals surface area contributed by atoms with E-state index < -0.39 is 0 Å². The summed E-state index contributed by atoms with van der Waals surface area (Å²) in [6.45, 7) is 1.14. The van der Waals surface area contributed by atoms with Crippen molar-refractivity contribution in [2.45, 2.75) is 38.6 Å². The van der Waals surface area contributed by atoms with E-state index in [1.165, 1.54) is 37.6 Å². The van der Waals surface area contributed by atoms with E-state index in [4.69, 9.17) is 0 Å². The average Bonchev–Trinajstić information content (AvgIpc) is 2.73. The third kappa shape index (κ3) is 2.39. The van der Waals surface area contributed by atoms with Gasteiger partial charge in [0.15, 0.2) is 0 Å². The van der Waals surface area contributed by atoms with Crippen molar-refractivity contribution in [2.75, 3.05) is 0 Å². The zero-order chi connectivity index (χ0) is 11.7. The highest BCUT2D eigenvalue weighted by atomic mass is 79.9. The zero-order valence-electron chi connectivity index (χ0n) is 9.90. The highest BCUT2D eigenvalue weighted by Gasteiger charge is 2.15. The predicted octanol–water partition coefficient (Wildman–Crippen LogP) is 4.38. The van der Waals surface area contributed by atoms with Crippen molar-refractivity contribution in [3.63, 3.8) is 0 Å². The molecule has 0 bridgehead atoms. The summed E-state index contributed by atoms with van der Waals surface area (Å²) < 4.78 is 3.42. The predicted molar refractivity (Wildman–Crippen MR) is 74.0 cm³/mol. The Kier molecular flexibility index (Phi) is 3.19. The van der Waals surface area contributed by atoms with Gasteiger partial charge in [-0.1, -0.05) is 35.2 Å². The van der Waals surface area contributed by atoms with Crippen molar-refractivity contribution >= 4 is 27.0 Å². The maximum atomic E-state index is 4.48. The Morgan fingerprint density at radius 2 is 2.06 bits per heavy atom. The number of hydrogen-bond donors (Lipinski definition) is 0. The van der Waals surface area contributed by atoms with Crippen LogP contribution in [-0.2, 0) is 6.54 Å². The Balaban J connectivity index is 1.84. The van der Waals surface area contributed by atoms with E-state index in [0.717, 1.165) is 22.5 Å². The molecule has 1 heterocycles. The number of halogens is 1. The van der Waals surface area contributed by atoms with Gasteiger partial charge in [-0.15, -0.1) is 0 Å². The van der Waals surface area contributed by atoms with Crippen molar-refractivity contribution in [3.8, 4) is 0 Å². The fraction of sp³-hybridized carbons (Fsp3) is 0.500. The monoisotopic (exact) mass is 292 g/mol. The fourth-order valence-corrected chi connectivity index (χ4v) is 3.18. The molecule has 2 nitrogen and oxygen atoms in total. The lowest BCUT2D eigenvalue weighted by molar-refractivity contribution is 0.322. The standard InChI is InChI=1S/C14H17BrN2/c15-12-6-7-14-13(8-12)16-10-17(14)9-11-4-2-1-3-5-11/h6-8,10-11H,1-5,9H2. The second-order valence-electron chi connectivity index (χ2n) is 5.03. The number of fused-ring (bicyclic) bond motifs is 1. The first-order valence-corrected chi connectivity index (χ1v) is 7.22. The molecule has 0 spiro atoms. The van der Waals surface area contributed by atoms with E-state index >= 15 is 0 Å². The lowest BCUT2D eigenvalue weighted by atomic mass is 9.89. The number of benzene rings is 1. The molecule has 0 radical (unpaired) electrons. The van der Waals surface area contributed by atoms with Gasteiger partial charge in [0.1, 0.15) is 0 Å². The van der Waals surface area contributed by atoms with Crippen molar-refractivity contribution in [3.05, 3.63) is 29.0 Å². The lowest BCUT2D eigenvalue weighted by Crippen LogP contribution is -2.13. The summed E-state index contributed by atoms with van der Waals surface area (Å²) in [6, 6.07) is 6.35. The Morgan fingerprint density at radius 1 is 1.24 bits per heavy atom. The molecule has 1 fully saturated rings. The first-order valence-electron chi connectivity index (χ1n) is 6.43. The normalized spacial score (nSPS) is 17.7. The Labute approximate surface area is 110 Å². The van der Waals surface area contributed by atoms with Gasteiger partial charge in [0.2, 0.25) is 0 Å².